The number of amides is 1. The Hall–Kier alpha value is -1.91. The summed E-state index contributed by atoms with van der Waals surface area (Å²) in [5.41, 5.74) is 1.21. The first-order valence-corrected chi connectivity index (χ1v) is 6.97. The lowest BCUT2D eigenvalue weighted by atomic mass is 10.1. The van der Waals surface area contributed by atoms with Crippen molar-refractivity contribution in [1.29, 1.82) is 0 Å². The van der Waals surface area contributed by atoms with E-state index in [9.17, 15) is 9.18 Å². The van der Waals surface area contributed by atoms with Gasteiger partial charge in [-0.15, -0.1) is 0 Å². The molecular weight excluding hydrogens is 291 g/mol. The summed E-state index contributed by atoms with van der Waals surface area (Å²) in [6.45, 7) is 2.04. The Morgan fingerprint density at radius 1 is 1.19 bits per heavy atom. The van der Waals surface area contributed by atoms with Crippen LogP contribution in [0.5, 0.6) is 0 Å². The molecule has 0 aliphatic heterocycles. The Morgan fingerprint density at radius 3 is 2.52 bits per heavy atom. The molecule has 0 aliphatic carbocycles. The molecule has 0 radical (unpaired) electrons. The molecule has 1 atom stereocenters. The van der Waals surface area contributed by atoms with Crippen LogP contribution in [0.25, 0.3) is 0 Å². The zero-order chi connectivity index (χ0) is 15.2. The van der Waals surface area contributed by atoms with Crippen LogP contribution in [0.2, 0.25) is 5.02 Å². The van der Waals surface area contributed by atoms with Gasteiger partial charge in [-0.25, -0.2) is 4.39 Å². The molecule has 110 valence electrons. The van der Waals surface area contributed by atoms with Crippen molar-refractivity contribution in [3.05, 3.63) is 64.9 Å². The highest BCUT2D eigenvalue weighted by Crippen LogP contribution is 2.16. The van der Waals surface area contributed by atoms with E-state index >= 15 is 0 Å². The normalized spacial score (nSPS) is 12.0. The number of halogens is 2. The molecule has 2 aromatic carbocycles. The van der Waals surface area contributed by atoms with Crippen molar-refractivity contribution in [3.63, 3.8) is 0 Å². The van der Waals surface area contributed by atoms with Crippen molar-refractivity contribution in [3.8, 4) is 0 Å². The third kappa shape index (κ3) is 4.55. The molecule has 0 aromatic heterocycles. The number of anilines is 1. The largest absolute Gasteiger partial charge is 0.322 e. The van der Waals surface area contributed by atoms with Gasteiger partial charge in [0.1, 0.15) is 5.82 Å². The fourth-order valence-corrected chi connectivity index (χ4v) is 2.00. The molecule has 0 bridgehead atoms. The lowest BCUT2D eigenvalue weighted by Gasteiger charge is -2.14. The molecule has 2 N–H and O–H groups in total. The minimum absolute atomic E-state index is 0.00589. The van der Waals surface area contributed by atoms with E-state index in [1.54, 1.807) is 24.3 Å². The smallest absolute Gasteiger partial charge is 0.238 e. The number of rotatable bonds is 5. The van der Waals surface area contributed by atoms with Gasteiger partial charge in [0.25, 0.3) is 0 Å². The molecule has 2 aromatic rings. The minimum Gasteiger partial charge on any atom is -0.322 e. The number of hydrogen-bond donors (Lipinski definition) is 2. The van der Waals surface area contributed by atoms with Gasteiger partial charge < -0.3 is 10.6 Å². The maximum absolute atomic E-state index is 13.4. The minimum atomic E-state index is -0.448. The molecule has 1 amide bonds. The summed E-state index contributed by atoms with van der Waals surface area (Å²) in [6.07, 6.45) is 0. The van der Waals surface area contributed by atoms with Gasteiger partial charge in [0.2, 0.25) is 5.91 Å². The average Bonchev–Trinajstić information content (AvgIpc) is 2.48. The van der Waals surface area contributed by atoms with E-state index in [0.717, 1.165) is 5.56 Å². The number of para-hydroxylation sites is 1. The van der Waals surface area contributed by atoms with Gasteiger partial charge in [-0.05, 0) is 36.8 Å². The standard InChI is InChI=1S/C16H16ClFN2O/c1-11(12-6-8-13(17)9-7-12)19-10-16(21)20-15-5-3-2-4-14(15)18/h2-9,11,19H,10H2,1H3,(H,20,21). The maximum atomic E-state index is 13.4. The van der Waals surface area contributed by atoms with Gasteiger partial charge in [-0.3, -0.25) is 4.79 Å². The van der Waals surface area contributed by atoms with Crippen LogP contribution in [0.1, 0.15) is 18.5 Å². The summed E-state index contributed by atoms with van der Waals surface area (Å²) in [4.78, 5) is 11.8. The monoisotopic (exact) mass is 306 g/mol. The molecule has 0 saturated carbocycles. The van der Waals surface area contributed by atoms with Gasteiger partial charge in [0, 0.05) is 11.1 Å². The SMILES string of the molecule is CC(NCC(=O)Nc1ccccc1F)c1ccc(Cl)cc1. The zero-order valence-corrected chi connectivity index (χ0v) is 12.3. The van der Waals surface area contributed by atoms with Crippen LogP contribution in [0.3, 0.4) is 0 Å². The van der Waals surface area contributed by atoms with Crippen molar-refractivity contribution >= 4 is 23.2 Å². The average molecular weight is 307 g/mol. The summed E-state index contributed by atoms with van der Waals surface area (Å²) in [5.74, 6) is -0.738. The number of benzene rings is 2. The van der Waals surface area contributed by atoms with E-state index in [4.69, 9.17) is 11.6 Å². The van der Waals surface area contributed by atoms with Crippen molar-refractivity contribution in [2.45, 2.75) is 13.0 Å². The summed E-state index contributed by atoms with van der Waals surface area (Å²) >= 11 is 5.83. The van der Waals surface area contributed by atoms with Crippen LogP contribution < -0.4 is 10.6 Å². The predicted octanol–water partition coefficient (Wildman–Crippen LogP) is 3.77. The number of nitrogens with one attached hydrogen (secondary N) is 2. The van der Waals surface area contributed by atoms with Crippen molar-refractivity contribution < 1.29 is 9.18 Å². The number of carbonyl (C=O) groups excluding carboxylic acids is 1. The van der Waals surface area contributed by atoms with E-state index in [1.807, 2.05) is 19.1 Å². The lowest BCUT2D eigenvalue weighted by Crippen LogP contribution is -2.30. The lowest BCUT2D eigenvalue weighted by molar-refractivity contribution is -0.115. The summed E-state index contributed by atoms with van der Waals surface area (Å²) in [5, 5.41) is 6.28. The summed E-state index contributed by atoms with van der Waals surface area (Å²) in [6, 6.07) is 13.5. The van der Waals surface area contributed by atoms with Crippen LogP contribution in [0, 0.1) is 5.82 Å². The molecule has 0 saturated heterocycles. The predicted molar refractivity (Wildman–Crippen MR) is 82.9 cm³/mol. The fraction of sp³-hybridized carbons (Fsp3) is 0.188. The Balaban J connectivity index is 1.86. The van der Waals surface area contributed by atoms with Crippen LogP contribution in [0.4, 0.5) is 10.1 Å². The number of carbonyl (C=O) groups is 1. The summed E-state index contributed by atoms with van der Waals surface area (Å²) in [7, 11) is 0. The molecule has 5 heteroatoms. The fourth-order valence-electron chi connectivity index (χ4n) is 1.87. The van der Waals surface area contributed by atoms with Crippen LogP contribution in [0.15, 0.2) is 48.5 Å². The Kier molecular flexibility index (Phi) is 5.31. The third-order valence-electron chi connectivity index (χ3n) is 3.09. The highest BCUT2D eigenvalue weighted by Gasteiger charge is 2.09. The van der Waals surface area contributed by atoms with E-state index < -0.39 is 5.82 Å². The summed E-state index contributed by atoms with van der Waals surface area (Å²) < 4.78 is 13.4. The van der Waals surface area contributed by atoms with Crippen LogP contribution >= 0.6 is 11.6 Å². The first-order chi connectivity index (χ1) is 10.1. The quantitative estimate of drug-likeness (QED) is 0.883. The number of hydrogen-bond acceptors (Lipinski definition) is 2. The van der Waals surface area contributed by atoms with Gasteiger partial charge >= 0.3 is 0 Å². The molecule has 2 rings (SSSR count). The molecule has 0 fully saturated rings. The topological polar surface area (TPSA) is 41.1 Å². The third-order valence-corrected chi connectivity index (χ3v) is 3.34. The molecule has 0 heterocycles. The van der Waals surface area contributed by atoms with Crippen LogP contribution in [-0.4, -0.2) is 12.5 Å². The van der Waals surface area contributed by atoms with Crippen LogP contribution in [-0.2, 0) is 4.79 Å². The molecule has 1 unspecified atom stereocenters. The van der Waals surface area contributed by atoms with Gasteiger partial charge in [0.05, 0.1) is 12.2 Å². The molecule has 3 nitrogen and oxygen atoms in total. The first kappa shape index (κ1) is 15.5. The second kappa shape index (κ2) is 7.20. The van der Waals surface area contributed by atoms with E-state index in [-0.39, 0.29) is 24.2 Å². The second-order valence-corrected chi connectivity index (χ2v) is 5.12. The molecule has 0 spiro atoms. The highest BCUT2D eigenvalue weighted by molar-refractivity contribution is 6.30. The second-order valence-electron chi connectivity index (χ2n) is 4.68. The van der Waals surface area contributed by atoms with E-state index in [2.05, 4.69) is 10.6 Å². The molecule has 21 heavy (non-hydrogen) atoms. The maximum Gasteiger partial charge on any atom is 0.238 e. The highest BCUT2D eigenvalue weighted by atomic mass is 35.5. The van der Waals surface area contributed by atoms with Gasteiger partial charge in [0.15, 0.2) is 0 Å². The van der Waals surface area contributed by atoms with Crippen molar-refractivity contribution in [2.24, 2.45) is 0 Å². The Labute approximate surface area is 128 Å². The van der Waals surface area contributed by atoms with E-state index in [1.165, 1.54) is 12.1 Å². The zero-order valence-electron chi connectivity index (χ0n) is 11.6. The van der Waals surface area contributed by atoms with Gasteiger partial charge in [-0.2, -0.15) is 0 Å². The van der Waals surface area contributed by atoms with Crippen molar-refractivity contribution in [1.82, 2.24) is 5.32 Å². The first-order valence-electron chi connectivity index (χ1n) is 6.59. The van der Waals surface area contributed by atoms with Crippen molar-refractivity contribution in [2.75, 3.05) is 11.9 Å². The Morgan fingerprint density at radius 2 is 1.86 bits per heavy atom. The molecule has 0 aliphatic rings. The van der Waals surface area contributed by atoms with E-state index in [0.29, 0.717) is 5.02 Å². The molecular formula is C16H16ClFN2O. The van der Waals surface area contributed by atoms with Gasteiger partial charge in [-0.1, -0.05) is 35.9 Å². The Bertz CT molecular complexity index is 616.